The number of hydrogen-bond donors (Lipinski definition) is 1. The Hall–Kier alpha value is -2.50. The van der Waals surface area contributed by atoms with Crippen LogP contribution in [0.5, 0.6) is 0 Å². The molecule has 3 aromatic rings. The van der Waals surface area contributed by atoms with E-state index in [1.807, 2.05) is 0 Å². The number of nitrogens with zero attached hydrogens (tertiary/aromatic N) is 2. The van der Waals surface area contributed by atoms with Gasteiger partial charge in [0.2, 0.25) is 0 Å². The maximum Gasteiger partial charge on any atom is 0.152 e. The summed E-state index contributed by atoms with van der Waals surface area (Å²) in [5.74, 6) is -0.597. The zero-order valence-corrected chi connectivity index (χ0v) is 16.3. The van der Waals surface area contributed by atoms with Crippen LogP contribution in [-0.4, -0.2) is 41.0 Å². The number of carbonyl (C=O) groups is 1. The summed E-state index contributed by atoms with van der Waals surface area (Å²) in [6.45, 7) is 4.44. The molecule has 0 amide bonds. The van der Waals surface area contributed by atoms with Crippen LogP contribution in [-0.2, 0) is 19.4 Å². The zero-order chi connectivity index (χ0) is 19.8. The largest absolute Gasteiger partial charge is 0.387 e. The highest BCUT2D eigenvalue weighted by Gasteiger charge is 2.22. The molecule has 2 aromatic carbocycles. The fourth-order valence-corrected chi connectivity index (χ4v) is 4.20. The topological polar surface area (TPSA) is 45.5 Å². The van der Waals surface area contributed by atoms with Crippen LogP contribution in [0.25, 0.3) is 10.9 Å². The number of aldehydes is 1. The predicted molar refractivity (Wildman–Crippen MR) is 108 cm³/mol. The van der Waals surface area contributed by atoms with E-state index in [1.54, 1.807) is 6.07 Å². The van der Waals surface area contributed by atoms with Crippen LogP contribution in [0, 0.1) is 12.7 Å². The van der Waals surface area contributed by atoms with Crippen molar-refractivity contribution in [3.05, 3.63) is 70.2 Å². The highest BCUT2D eigenvalue weighted by atomic mass is 19.1. The van der Waals surface area contributed by atoms with Crippen LogP contribution in [0.3, 0.4) is 0 Å². The average Bonchev–Trinajstić information content (AvgIpc) is 2.81. The number of fused-ring (bicyclic) bond motifs is 3. The number of aromatic nitrogens is 1. The third-order valence-corrected chi connectivity index (χ3v) is 5.81. The Labute approximate surface area is 164 Å². The molecule has 5 heteroatoms. The van der Waals surface area contributed by atoms with E-state index >= 15 is 0 Å². The molecule has 28 heavy (non-hydrogen) atoms. The molecular formula is C23H25FN2O2. The van der Waals surface area contributed by atoms with Crippen molar-refractivity contribution in [1.29, 1.82) is 0 Å². The van der Waals surface area contributed by atoms with Gasteiger partial charge in [0.05, 0.1) is 18.2 Å². The van der Waals surface area contributed by atoms with Gasteiger partial charge in [-0.15, -0.1) is 0 Å². The predicted octanol–water partition coefficient (Wildman–Crippen LogP) is 3.67. The summed E-state index contributed by atoms with van der Waals surface area (Å²) < 4.78 is 16.2. The van der Waals surface area contributed by atoms with Crippen LogP contribution in [0.4, 0.5) is 4.39 Å². The van der Waals surface area contributed by atoms with Gasteiger partial charge in [-0.25, -0.2) is 4.39 Å². The molecule has 146 valence electrons. The lowest BCUT2D eigenvalue weighted by Crippen LogP contribution is -2.21. The number of halogens is 1. The van der Waals surface area contributed by atoms with Crippen LogP contribution in [0.2, 0.25) is 0 Å². The number of benzene rings is 2. The molecule has 0 spiro atoms. The molecule has 0 saturated carbocycles. The second kappa shape index (κ2) is 7.49. The summed E-state index contributed by atoms with van der Waals surface area (Å²) in [7, 11) is 2.13. The van der Waals surface area contributed by atoms with Crippen molar-refractivity contribution in [3.63, 3.8) is 0 Å². The van der Waals surface area contributed by atoms with E-state index in [2.05, 4.69) is 41.6 Å². The molecule has 0 radical (unpaired) electrons. The molecule has 1 aromatic heterocycles. The van der Waals surface area contributed by atoms with Crippen molar-refractivity contribution < 1.29 is 14.3 Å². The van der Waals surface area contributed by atoms with Gasteiger partial charge in [0.1, 0.15) is 5.82 Å². The molecule has 4 nitrogen and oxygen atoms in total. The molecular weight excluding hydrogens is 355 g/mol. The Kier molecular flexibility index (Phi) is 5.04. The summed E-state index contributed by atoms with van der Waals surface area (Å²) in [4.78, 5) is 13.2. The van der Waals surface area contributed by atoms with Gasteiger partial charge in [0.15, 0.2) is 6.29 Å². The Balaban J connectivity index is 1.76. The smallest absolute Gasteiger partial charge is 0.152 e. The maximum absolute atomic E-state index is 14.0. The summed E-state index contributed by atoms with van der Waals surface area (Å²) in [6, 6.07) is 10.7. The monoisotopic (exact) mass is 380 g/mol. The molecule has 0 saturated heterocycles. The zero-order valence-electron chi connectivity index (χ0n) is 16.3. The van der Waals surface area contributed by atoms with E-state index in [4.69, 9.17) is 0 Å². The first-order valence-corrected chi connectivity index (χ1v) is 9.69. The van der Waals surface area contributed by atoms with Crippen LogP contribution < -0.4 is 0 Å². The van der Waals surface area contributed by atoms with E-state index in [9.17, 15) is 14.3 Å². The lowest BCUT2D eigenvalue weighted by atomic mass is 10.1. The minimum Gasteiger partial charge on any atom is -0.387 e. The minimum atomic E-state index is -0.850. The van der Waals surface area contributed by atoms with Gasteiger partial charge in [0.25, 0.3) is 0 Å². The summed E-state index contributed by atoms with van der Waals surface area (Å²) >= 11 is 0. The average molecular weight is 380 g/mol. The number of aryl methyl sites for hydroxylation is 1. The van der Waals surface area contributed by atoms with Crippen LogP contribution >= 0.6 is 0 Å². The van der Waals surface area contributed by atoms with E-state index < -0.39 is 11.9 Å². The normalized spacial score (nSPS) is 16.0. The maximum atomic E-state index is 14.0. The molecule has 1 atom stereocenters. The van der Waals surface area contributed by atoms with Crippen molar-refractivity contribution in [3.8, 4) is 0 Å². The van der Waals surface area contributed by atoms with Gasteiger partial charge in [0, 0.05) is 36.1 Å². The number of hydrogen-bond acceptors (Lipinski definition) is 3. The van der Waals surface area contributed by atoms with Crippen molar-refractivity contribution in [2.24, 2.45) is 0 Å². The molecule has 0 fully saturated rings. The second-order valence-electron chi connectivity index (χ2n) is 7.77. The number of carbonyl (C=O) groups excluding carboxylic acids is 1. The lowest BCUT2D eigenvalue weighted by Gasteiger charge is -2.17. The van der Waals surface area contributed by atoms with E-state index in [0.29, 0.717) is 18.4 Å². The third-order valence-electron chi connectivity index (χ3n) is 5.81. The first kappa shape index (κ1) is 18.8. The first-order valence-electron chi connectivity index (χ1n) is 9.69. The standard InChI is InChI=1S/C23H25FN2O2/c1-15-3-6-21-19(11-15)18-7-9-25(2)10-8-22(18)26(21)13-23(28)16-4-5-17(14-27)20(24)12-16/h3-6,11-12,14,23,28H,7-10,13H2,1-2H3. The molecule has 0 aliphatic carbocycles. The fourth-order valence-electron chi connectivity index (χ4n) is 4.20. The van der Waals surface area contributed by atoms with Gasteiger partial charge in [-0.3, -0.25) is 4.79 Å². The third kappa shape index (κ3) is 3.36. The van der Waals surface area contributed by atoms with Gasteiger partial charge in [-0.05, 0) is 55.8 Å². The van der Waals surface area contributed by atoms with E-state index in [1.165, 1.54) is 34.3 Å². The SMILES string of the molecule is Cc1ccc2c(c1)c1c(n2CC(O)c2ccc(C=O)c(F)c2)CCN(C)CC1. The molecule has 1 aliphatic rings. The molecule has 0 bridgehead atoms. The van der Waals surface area contributed by atoms with Crippen LogP contribution in [0.1, 0.15) is 38.8 Å². The second-order valence-corrected chi connectivity index (χ2v) is 7.77. The van der Waals surface area contributed by atoms with E-state index in [0.717, 1.165) is 31.4 Å². The van der Waals surface area contributed by atoms with Crippen LogP contribution in [0.15, 0.2) is 36.4 Å². The molecule has 1 aliphatic heterocycles. The minimum absolute atomic E-state index is 0.00902. The van der Waals surface area contributed by atoms with Crippen molar-refractivity contribution in [1.82, 2.24) is 9.47 Å². The first-order chi connectivity index (χ1) is 13.5. The summed E-state index contributed by atoms with van der Waals surface area (Å²) in [5, 5.41) is 12.1. The molecule has 2 heterocycles. The number of rotatable bonds is 4. The number of aliphatic hydroxyl groups is 1. The Bertz CT molecular complexity index is 1040. The van der Waals surface area contributed by atoms with Gasteiger partial charge in [-0.1, -0.05) is 17.7 Å². The Morgan fingerprint density at radius 1 is 1.18 bits per heavy atom. The van der Waals surface area contributed by atoms with Crippen molar-refractivity contribution in [2.45, 2.75) is 32.4 Å². The van der Waals surface area contributed by atoms with Crippen molar-refractivity contribution >= 4 is 17.2 Å². The van der Waals surface area contributed by atoms with Gasteiger partial charge < -0.3 is 14.6 Å². The van der Waals surface area contributed by atoms with Gasteiger partial charge >= 0.3 is 0 Å². The quantitative estimate of drug-likeness (QED) is 0.703. The molecule has 1 unspecified atom stereocenters. The molecule has 1 N–H and O–H groups in total. The van der Waals surface area contributed by atoms with Crippen molar-refractivity contribution in [2.75, 3.05) is 20.1 Å². The lowest BCUT2D eigenvalue weighted by molar-refractivity contribution is 0.111. The Morgan fingerprint density at radius 2 is 1.96 bits per heavy atom. The summed E-state index contributed by atoms with van der Waals surface area (Å²) in [5.41, 5.74) is 5.44. The highest BCUT2D eigenvalue weighted by molar-refractivity contribution is 5.86. The van der Waals surface area contributed by atoms with E-state index in [-0.39, 0.29) is 5.56 Å². The number of likely N-dealkylation sites (N-methyl/N-ethyl adjacent to an activating group) is 1. The van der Waals surface area contributed by atoms with Gasteiger partial charge in [-0.2, -0.15) is 0 Å². The molecule has 4 rings (SSSR count). The highest BCUT2D eigenvalue weighted by Crippen LogP contribution is 2.32. The summed E-state index contributed by atoms with van der Waals surface area (Å²) in [6.07, 6.45) is 1.54. The fraction of sp³-hybridized carbons (Fsp3) is 0.348. The Morgan fingerprint density at radius 3 is 2.71 bits per heavy atom. The number of aliphatic hydroxyl groups excluding tert-OH is 1.